The summed E-state index contributed by atoms with van der Waals surface area (Å²) in [6.07, 6.45) is 3.76. The molecule has 1 aliphatic carbocycles. The Hall–Kier alpha value is -1.75. The first kappa shape index (κ1) is 12.3. The van der Waals surface area contributed by atoms with Gasteiger partial charge in [0.25, 0.3) is 0 Å². The lowest BCUT2D eigenvalue weighted by atomic mass is 10.1. The molecule has 0 unspecified atom stereocenters. The van der Waals surface area contributed by atoms with Gasteiger partial charge in [-0.1, -0.05) is 12.1 Å². The molecule has 1 N–H and O–H groups in total. The summed E-state index contributed by atoms with van der Waals surface area (Å²) in [7, 11) is 0. The van der Waals surface area contributed by atoms with E-state index in [9.17, 15) is 4.39 Å². The van der Waals surface area contributed by atoms with Crippen LogP contribution in [0.4, 0.5) is 4.39 Å². The molecule has 0 radical (unpaired) electrons. The van der Waals surface area contributed by atoms with Gasteiger partial charge in [0, 0.05) is 19.0 Å². The maximum absolute atomic E-state index is 13.0. The van der Waals surface area contributed by atoms with Crippen molar-refractivity contribution >= 4 is 0 Å². The number of nitrogens with zero attached hydrogens (tertiary/aromatic N) is 2. The zero-order valence-electron chi connectivity index (χ0n) is 10.6. The quantitative estimate of drug-likeness (QED) is 0.865. The van der Waals surface area contributed by atoms with Crippen LogP contribution in [0.25, 0.3) is 0 Å². The fourth-order valence-corrected chi connectivity index (χ4v) is 1.95. The fraction of sp³-hybridized carbons (Fsp3) is 0.429. The maximum atomic E-state index is 13.0. The molecule has 0 amide bonds. The van der Waals surface area contributed by atoms with Crippen LogP contribution in [0.3, 0.4) is 0 Å². The summed E-state index contributed by atoms with van der Waals surface area (Å²) < 4.78 is 18.6. The molecular formula is C14H16FN3O. The van der Waals surface area contributed by atoms with Crippen LogP contribution in [0.5, 0.6) is 0 Å². The van der Waals surface area contributed by atoms with E-state index in [2.05, 4.69) is 15.5 Å². The Balaban J connectivity index is 1.54. The molecule has 0 bridgehead atoms. The average Bonchev–Trinajstić information content (AvgIpc) is 3.10. The Labute approximate surface area is 111 Å². The highest BCUT2D eigenvalue weighted by Crippen LogP contribution is 2.18. The molecular weight excluding hydrogens is 245 g/mol. The van der Waals surface area contributed by atoms with Gasteiger partial charge in [0.15, 0.2) is 0 Å². The normalized spacial score (nSPS) is 14.8. The van der Waals surface area contributed by atoms with Crippen LogP contribution in [-0.4, -0.2) is 22.8 Å². The van der Waals surface area contributed by atoms with Gasteiger partial charge in [0.05, 0.1) is 6.42 Å². The van der Waals surface area contributed by atoms with E-state index in [0.29, 0.717) is 24.2 Å². The highest BCUT2D eigenvalue weighted by atomic mass is 19.1. The van der Waals surface area contributed by atoms with Crippen LogP contribution in [0, 0.1) is 5.82 Å². The summed E-state index contributed by atoms with van der Waals surface area (Å²) >= 11 is 0. The largest absolute Gasteiger partial charge is 0.425 e. The van der Waals surface area contributed by atoms with Crippen LogP contribution in [0.15, 0.2) is 28.7 Å². The maximum Gasteiger partial charge on any atom is 0.220 e. The van der Waals surface area contributed by atoms with Gasteiger partial charge in [-0.25, -0.2) is 4.39 Å². The molecule has 2 aromatic rings. The van der Waals surface area contributed by atoms with E-state index in [1.54, 1.807) is 6.07 Å². The van der Waals surface area contributed by atoms with Crippen molar-refractivity contribution in [3.8, 4) is 0 Å². The number of aromatic nitrogens is 2. The number of rotatable bonds is 6. The fourth-order valence-electron chi connectivity index (χ4n) is 1.95. The van der Waals surface area contributed by atoms with Crippen molar-refractivity contribution in [1.82, 2.24) is 15.5 Å². The topological polar surface area (TPSA) is 51.0 Å². The van der Waals surface area contributed by atoms with E-state index in [1.165, 1.54) is 25.0 Å². The highest BCUT2D eigenvalue weighted by molar-refractivity contribution is 5.19. The number of nitrogens with one attached hydrogen (secondary N) is 1. The molecule has 100 valence electrons. The van der Waals surface area contributed by atoms with E-state index in [4.69, 9.17) is 4.42 Å². The molecule has 0 atom stereocenters. The molecule has 1 aliphatic rings. The van der Waals surface area contributed by atoms with E-state index >= 15 is 0 Å². The Bertz CT molecular complexity index is 551. The minimum atomic E-state index is -0.245. The Morgan fingerprint density at radius 3 is 2.89 bits per heavy atom. The van der Waals surface area contributed by atoms with Crippen molar-refractivity contribution in [2.75, 3.05) is 6.54 Å². The zero-order valence-corrected chi connectivity index (χ0v) is 10.6. The molecule has 1 fully saturated rings. The van der Waals surface area contributed by atoms with Crippen molar-refractivity contribution in [3.05, 3.63) is 47.4 Å². The molecule has 19 heavy (non-hydrogen) atoms. The van der Waals surface area contributed by atoms with Crippen molar-refractivity contribution < 1.29 is 8.81 Å². The van der Waals surface area contributed by atoms with Gasteiger partial charge in [-0.05, 0) is 30.5 Å². The summed E-state index contributed by atoms with van der Waals surface area (Å²) in [5, 5.41) is 11.4. The lowest BCUT2D eigenvalue weighted by Crippen LogP contribution is -2.19. The summed E-state index contributed by atoms with van der Waals surface area (Å²) in [4.78, 5) is 0. The van der Waals surface area contributed by atoms with E-state index in [0.717, 1.165) is 18.5 Å². The van der Waals surface area contributed by atoms with Crippen molar-refractivity contribution in [1.29, 1.82) is 0 Å². The second-order valence-corrected chi connectivity index (χ2v) is 4.87. The number of hydrogen-bond donors (Lipinski definition) is 1. The second-order valence-electron chi connectivity index (χ2n) is 4.87. The number of benzene rings is 1. The van der Waals surface area contributed by atoms with Gasteiger partial charge >= 0.3 is 0 Å². The second kappa shape index (κ2) is 5.48. The lowest BCUT2D eigenvalue weighted by Gasteiger charge is -1.98. The van der Waals surface area contributed by atoms with E-state index in [-0.39, 0.29) is 5.82 Å². The third kappa shape index (κ3) is 3.61. The van der Waals surface area contributed by atoms with Crippen LogP contribution < -0.4 is 5.32 Å². The predicted octanol–water partition coefficient (Wildman–Crippen LogP) is 2.09. The summed E-state index contributed by atoms with van der Waals surface area (Å²) in [6, 6.07) is 7.13. The van der Waals surface area contributed by atoms with E-state index in [1.807, 2.05) is 6.07 Å². The Kier molecular flexibility index (Phi) is 3.55. The Morgan fingerprint density at radius 2 is 2.11 bits per heavy atom. The van der Waals surface area contributed by atoms with Gasteiger partial charge in [-0.2, -0.15) is 0 Å². The van der Waals surface area contributed by atoms with Crippen LogP contribution in [-0.2, 0) is 12.8 Å². The van der Waals surface area contributed by atoms with Crippen molar-refractivity contribution in [2.24, 2.45) is 0 Å². The SMILES string of the molecule is Fc1cccc(Cc2nnc(CCNC3CC3)o2)c1. The standard InChI is InChI=1S/C14H16FN3O/c15-11-3-1-2-10(8-11)9-14-18-17-13(19-14)6-7-16-12-4-5-12/h1-3,8,12,16H,4-7,9H2. The van der Waals surface area contributed by atoms with Crippen LogP contribution in [0.2, 0.25) is 0 Å². The predicted molar refractivity (Wildman–Crippen MR) is 68.2 cm³/mol. The number of hydrogen-bond acceptors (Lipinski definition) is 4. The molecule has 1 heterocycles. The first-order valence-corrected chi connectivity index (χ1v) is 6.59. The smallest absolute Gasteiger partial charge is 0.220 e. The minimum Gasteiger partial charge on any atom is -0.425 e. The molecule has 1 saturated carbocycles. The van der Waals surface area contributed by atoms with Crippen LogP contribution >= 0.6 is 0 Å². The molecule has 5 heteroatoms. The third-order valence-electron chi connectivity index (χ3n) is 3.10. The molecule has 1 aromatic carbocycles. The number of halogens is 1. The lowest BCUT2D eigenvalue weighted by molar-refractivity contribution is 0.451. The molecule has 3 rings (SSSR count). The van der Waals surface area contributed by atoms with Crippen molar-refractivity contribution in [2.45, 2.75) is 31.7 Å². The summed E-state index contributed by atoms with van der Waals surface area (Å²) in [6.45, 7) is 0.867. The summed E-state index contributed by atoms with van der Waals surface area (Å²) in [5.74, 6) is 0.928. The molecule has 0 spiro atoms. The van der Waals surface area contributed by atoms with E-state index < -0.39 is 0 Å². The van der Waals surface area contributed by atoms with Crippen molar-refractivity contribution in [3.63, 3.8) is 0 Å². The summed E-state index contributed by atoms with van der Waals surface area (Å²) in [5.41, 5.74) is 0.839. The highest BCUT2D eigenvalue weighted by Gasteiger charge is 2.20. The van der Waals surface area contributed by atoms with Gasteiger partial charge in [0.1, 0.15) is 5.82 Å². The first-order chi connectivity index (χ1) is 9.29. The molecule has 0 aliphatic heterocycles. The first-order valence-electron chi connectivity index (χ1n) is 6.59. The monoisotopic (exact) mass is 261 g/mol. The Morgan fingerprint density at radius 1 is 1.26 bits per heavy atom. The average molecular weight is 261 g/mol. The van der Waals surface area contributed by atoms with Gasteiger partial charge in [-0.15, -0.1) is 10.2 Å². The van der Waals surface area contributed by atoms with Crippen LogP contribution in [0.1, 0.15) is 30.2 Å². The van der Waals surface area contributed by atoms with Gasteiger partial charge in [0.2, 0.25) is 11.8 Å². The third-order valence-corrected chi connectivity index (χ3v) is 3.10. The molecule has 1 aromatic heterocycles. The molecule has 0 saturated heterocycles. The molecule has 4 nitrogen and oxygen atoms in total. The zero-order chi connectivity index (χ0) is 13.1. The van der Waals surface area contributed by atoms with Gasteiger partial charge in [-0.3, -0.25) is 0 Å². The van der Waals surface area contributed by atoms with Gasteiger partial charge < -0.3 is 9.73 Å². The minimum absolute atomic E-state index is 0.245.